The standard InChI is InChI=1S/C13H25N/c1-2-3-4-9-13(14)11-10-12-7-5-6-8-12/h2,12-13H,1,3-11,14H2. The zero-order valence-electron chi connectivity index (χ0n) is 9.38. The van der Waals surface area contributed by atoms with Crippen LogP contribution in [0.2, 0.25) is 0 Å². The van der Waals surface area contributed by atoms with E-state index in [0.29, 0.717) is 6.04 Å². The third-order valence-corrected chi connectivity index (χ3v) is 3.40. The number of allylic oxidation sites excluding steroid dienone is 1. The molecule has 0 aromatic rings. The molecule has 14 heavy (non-hydrogen) atoms. The summed E-state index contributed by atoms with van der Waals surface area (Å²) in [5.74, 6) is 1.00. The van der Waals surface area contributed by atoms with Crippen LogP contribution in [0, 0.1) is 5.92 Å². The van der Waals surface area contributed by atoms with Crippen LogP contribution in [0.1, 0.15) is 57.8 Å². The Morgan fingerprint density at radius 2 is 2.00 bits per heavy atom. The van der Waals surface area contributed by atoms with Gasteiger partial charge in [-0.25, -0.2) is 0 Å². The van der Waals surface area contributed by atoms with E-state index in [0.717, 1.165) is 12.3 Å². The van der Waals surface area contributed by atoms with Crippen LogP contribution in [-0.2, 0) is 0 Å². The molecule has 0 saturated heterocycles. The minimum atomic E-state index is 0.440. The van der Waals surface area contributed by atoms with Crippen molar-refractivity contribution in [2.75, 3.05) is 0 Å². The van der Waals surface area contributed by atoms with Gasteiger partial charge in [-0.3, -0.25) is 0 Å². The Bertz CT molecular complexity index is 147. The summed E-state index contributed by atoms with van der Waals surface area (Å²) in [5.41, 5.74) is 6.06. The molecule has 2 N–H and O–H groups in total. The zero-order chi connectivity index (χ0) is 10.2. The van der Waals surface area contributed by atoms with Crippen LogP contribution in [0.25, 0.3) is 0 Å². The Balaban J connectivity index is 1.96. The van der Waals surface area contributed by atoms with E-state index in [9.17, 15) is 0 Å². The number of rotatable bonds is 7. The molecule has 0 aromatic heterocycles. The first-order valence-corrected chi connectivity index (χ1v) is 6.19. The summed E-state index contributed by atoms with van der Waals surface area (Å²) >= 11 is 0. The Kier molecular flexibility index (Phi) is 5.93. The van der Waals surface area contributed by atoms with Gasteiger partial charge in [-0.2, -0.15) is 0 Å². The summed E-state index contributed by atoms with van der Waals surface area (Å²) in [7, 11) is 0. The molecule has 0 aromatic carbocycles. The maximum atomic E-state index is 6.06. The molecular formula is C13H25N. The van der Waals surface area contributed by atoms with Gasteiger partial charge in [0.05, 0.1) is 0 Å². The summed E-state index contributed by atoms with van der Waals surface area (Å²) < 4.78 is 0. The molecule has 1 aliphatic carbocycles. The molecule has 1 saturated carbocycles. The Labute approximate surface area is 88.8 Å². The summed E-state index contributed by atoms with van der Waals surface area (Å²) in [6.07, 6.45) is 13.9. The van der Waals surface area contributed by atoms with E-state index < -0.39 is 0 Å². The average molecular weight is 195 g/mol. The lowest BCUT2D eigenvalue weighted by Gasteiger charge is -2.14. The van der Waals surface area contributed by atoms with E-state index in [-0.39, 0.29) is 0 Å². The maximum absolute atomic E-state index is 6.06. The number of unbranched alkanes of at least 4 members (excludes halogenated alkanes) is 1. The third-order valence-electron chi connectivity index (χ3n) is 3.40. The minimum Gasteiger partial charge on any atom is -0.328 e. The van der Waals surface area contributed by atoms with Crippen molar-refractivity contribution < 1.29 is 0 Å². The van der Waals surface area contributed by atoms with Gasteiger partial charge in [0, 0.05) is 6.04 Å². The molecule has 0 amide bonds. The summed E-state index contributed by atoms with van der Waals surface area (Å²) in [4.78, 5) is 0. The van der Waals surface area contributed by atoms with Crippen LogP contribution >= 0.6 is 0 Å². The van der Waals surface area contributed by atoms with E-state index in [1.165, 1.54) is 51.4 Å². The van der Waals surface area contributed by atoms with Crippen molar-refractivity contribution in [1.82, 2.24) is 0 Å². The van der Waals surface area contributed by atoms with Crippen LogP contribution in [0.15, 0.2) is 12.7 Å². The molecular weight excluding hydrogens is 170 g/mol. The molecule has 0 radical (unpaired) electrons. The van der Waals surface area contributed by atoms with E-state index >= 15 is 0 Å². The van der Waals surface area contributed by atoms with Crippen LogP contribution in [0.4, 0.5) is 0 Å². The Morgan fingerprint density at radius 1 is 1.29 bits per heavy atom. The number of nitrogens with two attached hydrogens (primary N) is 1. The summed E-state index contributed by atoms with van der Waals surface area (Å²) in [5, 5.41) is 0. The zero-order valence-corrected chi connectivity index (χ0v) is 9.38. The van der Waals surface area contributed by atoms with Gasteiger partial charge in [0.25, 0.3) is 0 Å². The molecule has 1 fully saturated rings. The molecule has 82 valence electrons. The topological polar surface area (TPSA) is 26.0 Å². The first-order chi connectivity index (χ1) is 6.83. The largest absolute Gasteiger partial charge is 0.328 e. The maximum Gasteiger partial charge on any atom is 0.00390 e. The lowest BCUT2D eigenvalue weighted by atomic mass is 9.96. The van der Waals surface area contributed by atoms with Crippen molar-refractivity contribution >= 4 is 0 Å². The lowest BCUT2D eigenvalue weighted by Crippen LogP contribution is -2.20. The quantitative estimate of drug-likeness (QED) is 0.487. The van der Waals surface area contributed by atoms with Gasteiger partial charge in [-0.05, 0) is 38.0 Å². The van der Waals surface area contributed by atoms with Crippen molar-refractivity contribution in [3.05, 3.63) is 12.7 Å². The molecule has 1 heteroatoms. The molecule has 1 nitrogen and oxygen atoms in total. The summed E-state index contributed by atoms with van der Waals surface area (Å²) in [6.45, 7) is 3.73. The predicted molar refractivity (Wildman–Crippen MR) is 63.2 cm³/mol. The third kappa shape index (κ3) is 4.80. The van der Waals surface area contributed by atoms with Gasteiger partial charge in [0.2, 0.25) is 0 Å². The predicted octanol–water partition coefficient (Wildman–Crippen LogP) is 3.64. The van der Waals surface area contributed by atoms with Gasteiger partial charge in [-0.1, -0.05) is 31.8 Å². The highest BCUT2D eigenvalue weighted by Crippen LogP contribution is 2.29. The summed E-state index contributed by atoms with van der Waals surface area (Å²) in [6, 6.07) is 0.440. The fourth-order valence-corrected chi connectivity index (χ4v) is 2.42. The second-order valence-corrected chi connectivity index (χ2v) is 4.71. The molecule has 0 bridgehead atoms. The highest BCUT2D eigenvalue weighted by atomic mass is 14.6. The molecule has 1 rings (SSSR count). The molecule has 1 aliphatic rings. The monoisotopic (exact) mass is 195 g/mol. The minimum absolute atomic E-state index is 0.440. The lowest BCUT2D eigenvalue weighted by molar-refractivity contribution is 0.433. The van der Waals surface area contributed by atoms with Gasteiger partial charge >= 0.3 is 0 Å². The highest BCUT2D eigenvalue weighted by Gasteiger charge is 2.15. The fourth-order valence-electron chi connectivity index (χ4n) is 2.42. The Hall–Kier alpha value is -0.300. The second-order valence-electron chi connectivity index (χ2n) is 4.71. The van der Waals surface area contributed by atoms with Crippen molar-refractivity contribution in [1.29, 1.82) is 0 Å². The van der Waals surface area contributed by atoms with E-state index in [1.54, 1.807) is 0 Å². The van der Waals surface area contributed by atoms with Crippen LogP contribution in [-0.4, -0.2) is 6.04 Å². The number of hydrogen-bond donors (Lipinski definition) is 1. The van der Waals surface area contributed by atoms with Gasteiger partial charge in [-0.15, -0.1) is 6.58 Å². The fraction of sp³-hybridized carbons (Fsp3) is 0.846. The molecule has 1 unspecified atom stereocenters. The van der Waals surface area contributed by atoms with Gasteiger partial charge in [0.1, 0.15) is 0 Å². The van der Waals surface area contributed by atoms with Crippen molar-refractivity contribution in [3.63, 3.8) is 0 Å². The van der Waals surface area contributed by atoms with Gasteiger partial charge in [0.15, 0.2) is 0 Å². The second kappa shape index (κ2) is 7.05. The Morgan fingerprint density at radius 3 is 2.64 bits per heavy atom. The van der Waals surface area contributed by atoms with Crippen molar-refractivity contribution in [2.24, 2.45) is 11.7 Å². The highest BCUT2D eigenvalue weighted by molar-refractivity contribution is 4.72. The van der Waals surface area contributed by atoms with E-state index in [1.807, 2.05) is 6.08 Å². The number of hydrogen-bond acceptors (Lipinski definition) is 1. The molecule has 0 heterocycles. The molecule has 0 aliphatic heterocycles. The van der Waals surface area contributed by atoms with Crippen LogP contribution < -0.4 is 5.73 Å². The average Bonchev–Trinajstić information content (AvgIpc) is 2.68. The van der Waals surface area contributed by atoms with Gasteiger partial charge < -0.3 is 5.73 Å². The van der Waals surface area contributed by atoms with Crippen LogP contribution in [0.5, 0.6) is 0 Å². The van der Waals surface area contributed by atoms with E-state index in [2.05, 4.69) is 6.58 Å². The first kappa shape index (κ1) is 11.8. The van der Waals surface area contributed by atoms with Crippen molar-refractivity contribution in [2.45, 2.75) is 63.8 Å². The molecule has 1 atom stereocenters. The first-order valence-electron chi connectivity index (χ1n) is 6.19. The smallest absolute Gasteiger partial charge is 0.00390 e. The van der Waals surface area contributed by atoms with E-state index in [4.69, 9.17) is 5.73 Å². The van der Waals surface area contributed by atoms with Crippen LogP contribution in [0.3, 0.4) is 0 Å². The molecule has 0 spiro atoms. The van der Waals surface area contributed by atoms with Crippen molar-refractivity contribution in [3.8, 4) is 0 Å². The normalized spacial score (nSPS) is 19.8. The SMILES string of the molecule is C=CCCCC(N)CCC1CCCC1.